The quantitative estimate of drug-likeness (QED) is 0.508. The molecule has 1 amide bonds. The van der Waals surface area contributed by atoms with Gasteiger partial charge in [0.1, 0.15) is 5.82 Å². The molecule has 0 aromatic heterocycles. The molecule has 3 aliphatic heterocycles. The third-order valence-electron chi connectivity index (χ3n) is 7.90. The fourth-order valence-electron chi connectivity index (χ4n) is 5.70. The molecule has 0 spiro atoms. The van der Waals surface area contributed by atoms with Gasteiger partial charge in [0.15, 0.2) is 11.3 Å². The van der Waals surface area contributed by atoms with E-state index in [2.05, 4.69) is 10.2 Å². The van der Waals surface area contributed by atoms with Crippen molar-refractivity contribution in [2.75, 3.05) is 19.6 Å². The van der Waals surface area contributed by atoms with Gasteiger partial charge < -0.3 is 16.0 Å². The number of carbonyl (C=O) groups is 2. The fourth-order valence-corrected chi connectivity index (χ4v) is 6.45. The van der Waals surface area contributed by atoms with Gasteiger partial charge in [-0.25, -0.2) is 4.39 Å². The van der Waals surface area contributed by atoms with E-state index < -0.39 is 28.5 Å². The summed E-state index contributed by atoms with van der Waals surface area (Å²) in [6, 6.07) is 9.03. The van der Waals surface area contributed by atoms with E-state index in [1.54, 1.807) is 18.2 Å². The van der Waals surface area contributed by atoms with E-state index >= 15 is 0 Å². The smallest absolute Gasteiger partial charge is 0.248 e. The monoisotopic (exact) mass is 537 g/mol. The van der Waals surface area contributed by atoms with Crippen LogP contribution in [-0.4, -0.2) is 47.8 Å². The molecule has 6 rings (SSSR count). The first-order valence-corrected chi connectivity index (χ1v) is 13.0. The summed E-state index contributed by atoms with van der Waals surface area (Å²) in [5.41, 5.74) is 4.50. The van der Waals surface area contributed by atoms with E-state index in [-0.39, 0.29) is 23.0 Å². The lowest BCUT2D eigenvalue weighted by Gasteiger charge is -2.46. The second-order valence-electron chi connectivity index (χ2n) is 10.1. The Morgan fingerprint density at radius 1 is 1.09 bits per heavy atom. The maximum atomic E-state index is 14.8. The topological polar surface area (TPSA) is 75.4 Å². The van der Waals surface area contributed by atoms with Gasteiger partial charge in [0.2, 0.25) is 5.91 Å². The number of hydrogen-bond donors (Lipinski definition) is 2. The van der Waals surface area contributed by atoms with Gasteiger partial charge in [-0.1, -0.05) is 46.9 Å². The summed E-state index contributed by atoms with van der Waals surface area (Å²) in [6.45, 7) is 2.75. The molecule has 2 aromatic carbocycles. The molecule has 9 heteroatoms. The minimum absolute atomic E-state index is 0.0925. The van der Waals surface area contributed by atoms with Crippen LogP contribution in [0.3, 0.4) is 0 Å². The number of piperidine rings is 3. The Morgan fingerprint density at radius 3 is 2.31 bits per heavy atom. The molecule has 3 N–H and O–H groups in total. The van der Waals surface area contributed by atoms with Gasteiger partial charge >= 0.3 is 0 Å². The van der Waals surface area contributed by atoms with Crippen LogP contribution in [0.25, 0.3) is 0 Å². The minimum Gasteiger partial charge on any atom is -0.350 e. The number of Topliss-reactive ketones (excluding diaryl/α,β-unsaturated/α-hetero) is 1. The van der Waals surface area contributed by atoms with Crippen molar-refractivity contribution in [2.24, 2.45) is 11.7 Å². The summed E-state index contributed by atoms with van der Waals surface area (Å²) in [5, 5.41) is 4.09. The van der Waals surface area contributed by atoms with Gasteiger partial charge in [0, 0.05) is 34.1 Å². The molecule has 2 atom stereocenters. The average molecular weight is 539 g/mol. The highest BCUT2D eigenvalue weighted by atomic mass is 35.5. The van der Waals surface area contributed by atoms with Gasteiger partial charge in [-0.05, 0) is 80.1 Å². The Hall–Kier alpha value is -1.70. The lowest BCUT2D eigenvalue weighted by Crippen LogP contribution is -2.67. The zero-order valence-corrected chi connectivity index (χ0v) is 21.4. The molecule has 3 saturated heterocycles. The highest BCUT2D eigenvalue weighted by Gasteiger charge is 2.60. The Morgan fingerprint density at radius 2 is 1.74 bits per heavy atom. The van der Waals surface area contributed by atoms with Crippen LogP contribution in [0, 0.1) is 11.7 Å². The first-order chi connectivity index (χ1) is 16.6. The van der Waals surface area contributed by atoms with Crippen LogP contribution >= 0.6 is 34.8 Å². The molecule has 0 radical (unpaired) electrons. The largest absolute Gasteiger partial charge is 0.350 e. The summed E-state index contributed by atoms with van der Waals surface area (Å²) < 4.78 is 14.8. The molecule has 1 saturated carbocycles. The van der Waals surface area contributed by atoms with Crippen LogP contribution in [0.5, 0.6) is 0 Å². The Kier molecular flexibility index (Phi) is 6.64. The number of amides is 1. The summed E-state index contributed by atoms with van der Waals surface area (Å²) in [7, 11) is 0. The normalized spacial score (nSPS) is 26.1. The van der Waals surface area contributed by atoms with E-state index in [1.165, 1.54) is 12.1 Å². The van der Waals surface area contributed by atoms with Gasteiger partial charge in [0.25, 0.3) is 0 Å². The second-order valence-corrected chi connectivity index (χ2v) is 11.4. The number of ketones is 1. The molecule has 5 nitrogen and oxygen atoms in total. The zero-order valence-electron chi connectivity index (χ0n) is 19.1. The van der Waals surface area contributed by atoms with E-state index in [9.17, 15) is 14.0 Å². The van der Waals surface area contributed by atoms with Crippen LogP contribution in [-0.2, 0) is 21.4 Å². The molecule has 186 valence electrons. The van der Waals surface area contributed by atoms with E-state index in [0.29, 0.717) is 34.4 Å². The van der Waals surface area contributed by atoms with Gasteiger partial charge in [0.05, 0.1) is 5.41 Å². The van der Waals surface area contributed by atoms with Gasteiger partial charge in [-0.15, -0.1) is 0 Å². The first kappa shape index (κ1) is 25.0. The molecule has 2 aromatic rings. The highest BCUT2D eigenvalue weighted by Crippen LogP contribution is 2.53. The Labute approximate surface area is 219 Å². The number of nitrogens with two attached hydrogens (primary N) is 1. The van der Waals surface area contributed by atoms with Crippen molar-refractivity contribution < 1.29 is 14.0 Å². The van der Waals surface area contributed by atoms with Crippen LogP contribution in [0.4, 0.5) is 4.39 Å². The Balaban J connectivity index is 1.50. The van der Waals surface area contributed by atoms with Crippen molar-refractivity contribution in [1.29, 1.82) is 0 Å². The number of rotatable bonds is 7. The summed E-state index contributed by atoms with van der Waals surface area (Å²) in [4.78, 5) is 30.3. The standard InChI is InChI=1S/C26H27Cl3FN3O2/c27-17-3-4-19(20(29)11-17)25(7-8-25)23(34)26(31,13-16-1-2-18(28)12-21(16)30)24(35)32-22-14-33-9-5-15(22)6-10-33/h1-4,11-12,15,22H,5-10,13-14,31H2,(H,32,35)/t22-,26?/m1/s1. The van der Waals surface area contributed by atoms with Crippen LogP contribution in [0.2, 0.25) is 15.1 Å². The summed E-state index contributed by atoms with van der Waals surface area (Å²) in [5.74, 6) is -1.30. The molecular weight excluding hydrogens is 512 g/mol. The third kappa shape index (κ3) is 4.60. The van der Waals surface area contributed by atoms with Crippen molar-refractivity contribution >= 4 is 46.5 Å². The van der Waals surface area contributed by atoms with Crippen molar-refractivity contribution in [2.45, 2.75) is 49.1 Å². The number of carbonyl (C=O) groups excluding carboxylic acids is 2. The first-order valence-electron chi connectivity index (χ1n) is 11.9. The second kappa shape index (κ2) is 9.31. The van der Waals surface area contributed by atoms with Crippen LogP contribution in [0.15, 0.2) is 36.4 Å². The molecular formula is C26H27Cl3FN3O2. The lowest BCUT2D eigenvalue weighted by atomic mass is 9.75. The fraction of sp³-hybridized carbons (Fsp3) is 0.462. The van der Waals surface area contributed by atoms with E-state index in [4.69, 9.17) is 40.5 Å². The number of nitrogens with one attached hydrogen (secondary N) is 1. The molecule has 35 heavy (non-hydrogen) atoms. The number of hydrogen-bond acceptors (Lipinski definition) is 4. The average Bonchev–Trinajstić information content (AvgIpc) is 3.62. The third-order valence-corrected chi connectivity index (χ3v) is 8.68. The lowest BCUT2D eigenvalue weighted by molar-refractivity contribution is -0.138. The number of halogens is 4. The zero-order chi connectivity index (χ0) is 25.0. The van der Waals surface area contributed by atoms with Crippen molar-refractivity contribution in [1.82, 2.24) is 10.2 Å². The predicted molar refractivity (Wildman–Crippen MR) is 136 cm³/mol. The molecule has 1 unspecified atom stereocenters. The Bertz CT molecular complexity index is 1180. The predicted octanol–water partition coefficient (Wildman–Crippen LogP) is 4.54. The minimum atomic E-state index is -1.99. The SMILES string of the molecule is NC(Cc1ccc(Cl)cc1F)(C(=O)N[C@@H]1CN2CCC1CC2)C(=O)C1(c2ccc(Cl)cc2Cl)CC1. The molecule has 3 heterocycles. The molecule has 1 aliphatic carbocycles. The van der Waals surface area contributed by atoms with Gasteiger partial charge in [-0.2, -0.15) is 0 Å². The van der Waals surface area contributed by atoms with E-state index in [0.717, 1.165) is 38.5 Å². The molecule has 4 fully saturated rings. The van der Waals surface area contributed by atoms with Crippen molar-refractivity contribution in [3.63, 3.8) is 0 Å². The van der Waals surface area contributed by atoms with Crippen molar-refractivity contribution in [3.05, 3.63) is 68.4 Å². The maximum absolute atomic E-state index is 14.8. The van der Waals surface area contributed by atoms with Crippen LogP contribution in [0.1, 0.15) is 36.8 Å². The van der Waals surface area contributed by atoms with Crippen LogP contribution < -0.4 is 11.1 Å². The highest BCUT2D eigenvalue weighted by molar-refractivity contribution is 6.35. The maximum Gasteiger partial charge on any atom is 0.248 e. The number of benzene rings is 2. The van der Waals surface area contributed by atoms with Gasteiger partial charge in [-0.3, -0.25) is 9.59 Å². The molecule has 2 bridgehead atoms. The number of nitrogens with zero attached hydrogens (tertiary/aromatic N) is 1. The summed E-state index contributed by atoms with van der Waals surface area (Å²) in [6.07, 6.45) is 2.71. The molecule has 4 aliphatic rings. The number of fused-ring (bicyclic) bond motifs is 3. The summed E-state index contributed by atoms with van der Waals surface area (Å²) >= 11 is 18.5. The van der Waals surface area contributed by atoms with Crippen molar-refractivity contribution in [3.8, 4) is 0 Å². The van der Waals surface area contributed by atoms with E-state index in [1.807, 2.05) is 0 Å².